The molecule has 1 heterocycles. The second-order valence-electron chi connectivity index (χ2n) is 3.65. The van der Waals surface area contributed by atoms with E-state index in [1.807, 2.05) is 0 Å². The summed E-state index contributed by atoms with van der Waals surface area (Å²) in [5.74, 6) is 0.847. The Morgan fingerprint density at radius 1 is 1.42 bits per heavy atom. The molecule has 2 nitrogen and oxygen atoms in total. The van der Waals surface area contributed by atoms with Crippen LogP contribution in [-0.4, -0.2) is 5.16 Å². The van der Waals surface area contributed by atoms with E-state index in [9.17, 15) is 0 Å². The summed E-state index contributed by atoms with van der Waals surface area (Å²) in [6.45, 7) is 6.31. The van der Waals surface area contributed by atoms with Crippen molar-refractivity contribution in [3.05, 3.63) is 15.9 Å². The molecule has 4 heteroatoms. The van der Waals surface area contributed by atoms with Crippen LogP contribution >= 0.6 is 31.9 Å². The maximum atomic E-state index is 5.13. The number of rotatable bonds is 1. The van der Waals surface area contributed by atoms with E-state index in [0.717, 1.165) is 15.9 Å². The summed E-state index contributed by atoms with van der Waals surface area (Å²) in [6, 6.07) is 0. The Hall–Kier alpha value is 0.170. The Morgan fingerprint density at radius 3 is 2.25 bits per heavy atom. The lowest BCUT2D eigenvalue weighted by Crippen LogP contribution is -2.12. The molecule has 68 valence electrons. The number of alkyl halides is 1. The minimum Gasteiger partial charge on any atom is -0.359 e. The predicted molar refractivity (Wildman–Crippen MR) is 55.5 cm³/mol. The zero-order valence-corrected chi connectivity index (χ0v) is 10.5. The molecule has 1 aromatic rings. The van der Waals surface area contributed by atoms with Gasteiger partial charge < -0.3 is 4.52 Å². The molecule has 1 aromatic heterocycles. The van der Waals surface area contributed by atoms with E-state index in [-0.39, 0.29) is 5.41 Å². The molecule has 0 aliphatic rings. The summed E-state index contributed by atoms with van der Waals surface area (Å²) in [6.07, 6.45) is 0. The van der Waals surface area contributed by atoms with Crippen molar-refractivity contribution in [1.82, 2.24) is 5.16 Å². The van der Waals surface area contributed by atoms with Gasteiger partial charge in [0.05, 0.1) is 9.80 Å². The fraction of sp³-hybridized carbons (Fsp3) is 0.625. The van der Waals surface area contributed by atoms with Crippen LogP contribution in [0.15, 0.2) is 9.00 Å². The van der Waals surface area contributed by atoms with Crippen LogP contribution < -0.4 is 0 Å². The second-order valence-corrected chi connectivity index (χ2v) is 5.01. The zero-order chi connectivity index (χ0) is 9.35. The Bertz CT molecular complexity index is 275. The molecule has 0 saturated heterocycles. The molecule has 0 aliphatic carbocycles. The molecule has 0 N–H and O–H groups in total. The predicted octanol–water partition coefficient (Wildman–Crippen LogP) is 3.63. The SMILES string of the molecule is CC(C)(C)c1noc(CBr)c1Br. The lowest BCUT2D eigenvalue weighted by Gasteiger charge is -2.14. The van der Waals surface area contributed by atoms with Crippen molar-refractivity contribution in [3.8, 4) is 0 Å². The highest BCUT2D eigenvalue weighted by Gasteiger charge is 2.23. The van der Waals surface area contributed by atoms with Crippen molar-refractivity contribution < 1.29 is 4.52 Å². The molecule has 0 aromatic carbocycles. The van der Waals surface area contributed by atoms with Crippen LogP contribution in [0.2, 0.25) is 0 Å². The van der Waals surface area contributed by atoms with Crippen LogP contribution in [0.5, 0.6) is 0 Å². The van der Waals surface area contributed by atoms with Crippen LogP contribution in [-0.2, 0) is 10.7 Å². The van der Waals surface area contributed by atoms with Gasteiger partial charge in [-0.05, 0) is 15.9 Å². The van der Waals surface area contributed by atoms with E-state index in [0.29, 0.717) is 5.33 Å². The number of hydrogen-bond donors (Lipinski definition) is 0. The zero-order valence-electron chi connectivity index (χ0n) is 7.32. The van der Waals surface area contributed by atoms with Crippen molar-refractivity contribution in [2.24, 2.45) is 0 Å². The van der Waals surface area contributed by atoms with Gasteiger partial charge in [0.1, 0.15) is 5.69 Å². The first-order chi connectivity index (χ1) is 5.46. The van der Waals surface area contributed by atoms with Gasteiger partial charge in [0.25, 0.3) is 0 Å². The summed E-state index contributed by atoms with van der Waals surface area (Å²) < 4.78 is 6.11. The van der Waals surface area contributed by atoms with Gasteiger partial charge in [-0.25, -0.2) is 0 Å². The third-order valence-electron chi connectivity index (χ3n) is 1.53. The minimum absolute atomic E-state index is 0.0305. The molecule has 0 amide bonds. The highest BCUT2D eigenvalue weighted by molar-refractivity contribution is 9.10. The Morgan fingerprint density at radius 2 is 2.00 bits per heavy atom. The molecule has 0 atom stereocenters. The van der Waals surface area contributed by atoms with E-state index in [1.54, 1.807) is 0 Å². The maximum absolute atomic E-state index is 5.13. The molecule has 0 aliphatic heterocycles. The van der Waals surface area contributed by atoms with Crippen molar-refractivity contribution in [2.75, 3.05) is 0 Å². The monoisotopic (exact) mass is 295 g/mol. The average molecular weight is 297 g/mol. The lowest BCUT2D eigenvalue weighted by atomic mass is 9.92. The maximum Gasteiger partial charge on any atom is 0.161 e. The normalized spacial score (nSPS) is 12.1. The Kier molecular flexibility index (Phi) is 2.99. The summed E-state index contributed by atoms with van der Waals surface area (Å²) in [5, 5.41) is 4.70. The third kappa shape index (κ3) is 1.91. The van der Waals surface area contributed by atoms with E-state index in [2.05, 4.69) is 57.8 Å². The summed E-state index contributed by atoms with van der Waals surface area (Å²) in [4.78, 5) is 0. The standard InChI is InChI=1S/C8H11Br2NO/c1-8(2,3)7-6(10)5(4-9)12-11-7/h4H2,1-3H3. The van der Waals surface area contributed by atoms with Gasteiger partial charge in [0.2, 0.25) is 0 Å². The van der Waals surface area contributed by atoms with E-state index >= 15 is 0 Å². The van der Waals surface area contributed by atoms with Crippen LogP contribution in [0.25, 0.3) is 0 Å². The minimum atomic E-state index is 0.0305. The number of hydrogen-bond acceptors (Lipinski definition) is 2. The Labute approximate surface area is 89.0 Å². The fourth-order valence-electron chi connectivity index (χ4n) is 0.862. The lowest BCUT2D eigenvalue weighted by molar-refractivity contribution is 0.374. The van der Waals surface area contributed by atoms with E-state index < -0.39 is 0 Å². The molecular weight excluding hydrogens is 286 g/mol. The first-order valence-electron chi connectivity index (χ1n) is 3.67. The van der Waals surface area contributed by atoms with Crippen molar-refractivity contribution in [2.45, 2.75) is 31.5 Å². The molecule has 0 unspecified atom stereocenters. The molecule has 0 radical (unpaired) electrons. The summed E-state index contributed by atoms with van der Waals surface area (Å²) in [5.41, 5.74) is 1.000. The number of halogens is 2. The van der Waals surface area contributed by atoms with Crippen molar-refractivity contribution >= 4 is 31.9 Å². The van der Waals surface area contributed by atoms with Crippen LogP contribution in [0.4, 0.5) is 0 Å². The molecule has 0 fully saturated rings. The smallest absolute Gasteiger partial charge is 0.161 e. The van der Waals surface area contributed by atoms with E-state index in [4.69, 9.17) is 4.52 Å². The van der Waals surface area contributed by atoms with Gasteiger partial charge in [-0.2, -0.15) is 0 Å². The van der Waals surface area contributed by atoms with Crippen LogP contribution in [0.3, 0.4) is 0 Å². The fourth-order valence-corrected chi connectivity index (χ4v) is 2.50. The quantitative estimate of drug-likeness (QED) is 0.740. The highest BCUT2D eigenvalue weighted by atomic mass is 79.9. The number of nitrogens with zero attached hydrogens (tertiary/aromatic N) is 1. The van der Waals surface area contributed by atoms with Crippen LogP contribution in [0, 0.1) is 0 Å². The van der Waals surface area contributed by atoms with Gasteiger partial charge in [-0.15, -0.1) is 0 Å². The summed E-state index contributed by atoms with van der Waals surface area (Å²) >= 11 is 6.79. The summed E-state index contributed by atoms with van der Waals surface area (Å²) in [7, 11) is 0. The molecule has 1 rings (SSSR count). The molecular formula is C8H11Br2NO. The molecule has 0 saturated carbocycles. The van der Waals surface area contributed by atoms with E-state index in [1.165, 1.54) is 0 Å². The van der Waals surface area contributed by atoms with Gasteiger partial charge >= 0.3 is 0 Å². The van der Waals surface area contributed by atoms with Crippen LogP contribution in [0.1, 0.15) is 32.2 Å². The van der Waals surface area contributed by atoms with Crippen molar-refractivity contribution in [1.29, 1.82) is 0 Å². The molecule has 0 spiro atoms. The topological polar surface area (TPSA) is 26.0 Å². The van der Waals surface area contributed by atoms with Gasteiger partial charge in [0.15, 0.2) is 5.76 Å². The Balaban J connectivity index is 3.11. The first-order valence-corrected chi connectivity index (χ1v) is 5.58. The number of aromatic nitrogens is 1. The third-order valence-corrected chi connectivity index (χ3v) is 2.86. The van der Waals surface area contributed by atoms with Gasteiger partial charge in [-0.1, -0.05) is 41.9 Å². The average Bonchev–Trinajstić information content (AvgIpc) is 2.29. The second kappa shape index (κ2) is 3.50. The van der Waals surface area contributed by atoms with Crippen molar-refractivity contribution in [3.63, 3.8) is 0 Å². The highest BCUT2D eigenvalue weighted by Crippen LogP contribution is 2.32. The largest absolute Gasteiger partial charge is 0.359 e. The molecule has 0 bridgehead atoms. The van der Waals surface area contributed by atoms with Gasteiger partial charge in [-0.3, -0.25) is 0 Å². The van der Waals surface area contributed by atoms with Gasteiger partial charge in [0, 0.05) is 5.41 Å². The molecule has 12 heavy (non-hydrogen) atoms. The first kappa shape index (κ1) is 10.3.